The van der Waals surface area contributed by atoms with Gasteiger partial charge in [0.15, 0.2) is 0 Å². The summed E-state index contributed by atoms with van der Waals surface area (Å²) in [7, 11) is 0. The lowest BCUT2D eigenvalue weighted by Crippen LogP contribution is -2.36. The van der Waals surface area contributed by atoms with E-state index in [0.29, 0.717) is 0 Å². The number of benzene rings is 1. The van der Waals surface area contributed by atoms with Crippen molar-refractivity contribution >= 4 is 35.1 Å². The Kier molecular flexibility index (Phi) is 5.32. The van der Waals surface area contributed by atoms with Gasteiger partial charge in [-0.25, -0.2) is 4.39 Å². The molecule has 0 aromatic heterocycles. The van der Waals surface area contributed by atoms with Crippen LogP contribution in [0.3, 0.4) is 0 Å². The van der Waals surface area contributed by atoms with Crippen LogP contribution in [0.2, 0.25) is 10.0 Å². The molecule has 1 aromatic rings. The Morgan fingerprint density at radius 2 is 2.00 bits per heavy atom. The second-order valence-corrected chi connectivity index (χ2v) is 4.43. The number of nitrogens with zero attached hydrogens (tertiary/aromatic N) is 1. The molecule has 0 aliphatic carbocycles. The van der Waals surface area contributed by atoms with Gasteiger partial charge in [-0.15, -0.1) is 6.58 Å². The SMILES string of the molecule is C=CCN(CC(=O)O)C(=O)c1cc(F)c(Cl)cc1Cl. The van der Waals surface area contributed by atoms with E-state index in [9.17, 15) is 14.0 Å². The maximum Gasteiger partial charge on any atom is 0.323 e. The summed E-state index contributed by atoms with van der Waals surface area (Å²) >= 11 is 11.3. The smallest absolute Gasteiger partial charge is 0.323 e. The second kappa shape index (κ2) is 6.54. The van der Waals surface area contributed by atoms with Crippen molar-refractivity contribution in [1.82, 2.24) is 4.90 Å². The fraction of sp³-hybridized carbons (Fsp3) is 0.167. The number of carboxylic acids is 1. The first-order valence-corrected chi connectivity index (χ1v) is 5.89. The van der Waals surface area contributed by atoms with Gasteiger partial charge in [0.25, 0.3) is 5.91 Å². The molecule has 1 aromatic carbocycles. The van der Waals surface area contributed by atoms with Crippen molar-refractivity contribution in [2.24, 2.45) is 0 Å². The first-order valence-electron chi connectivity index (χ1n) is 5.13. The first kappa shape index (κ1) is 15.5. The average molecular weight is 306 g/mol. The Balaban J connectivity index is 3.12. The van der Waals surface area contributed by atoms with Gasteiger partial charge in [-0.3, -0.25) is 9.59 Å². The van der Waals surface area contributed by atoms with Crippen molar-refractivity contribution in [2.75, 3.05) is 13.1 Å². The minimum absolute atomic E-state index is 0.00566. The van der Waals surface area contributed by atoms with E-state index in [2.05, 4.69) is 6.58 Å². The van der Waals surface area contributed by atoms with E-state index >= 15 is 0 Å². The summed E-state index contributed by atoms with van der Waals surface area (Å²) in [6.07, 6.45) is 1.36. The lowest BCUT2D eigenvalue weighted by Gasteiger charge is -2.19. The fourth-order valence-electron chi connectivity index (χ4n) is 1.40. The molecular weight excluding hydrogens is 296 g/mol. The average Bonchev–Trinajstić information content (AvgIpc) is 2.32. The fourth-order valence-corrected chi connectivity index (χ4v) is 1.86. The zero-order valence-electron chi connectivity index (χ0n) is 9.70. The van der Waals surface area contributed by atoms with Gasteiger partial charge in [-0.05, 0) is 12.1 Å². The number of carbonyl (C=O) groups is 2. The molecule has 0 atom stereocenters. The number of carbonyl (C=O) groups excluding carboxylic acids is 1. The molecule has 1 amide bonds. The number of hydrogen-bond acceptors (Lipinski definition) is 2. The number of rotatable bonds is 5. The molecular formula is C12H10Cl2FNO3. The van der Waals surface area contributed by atoms with Crippen LogP contribution >= 0.6 is 23.2 Å². The lowest BCUT2D eigenvalue weighted by atomic mass is 10.2. The van der Waals surface area contributed by atoms with E-state index in [0.717, 1.165) is 17.0 Å². The van der Waals surface area contributed by atoms with E-state index in [4.69, 9.17) is 28.3 Å². The quantitative estimate of drug-likeness (QED) is 0.672. The number of halogens is 3. The van der Waals surface area contributed by atoms with E-state index in [1.165, 1.54) is 6.08 Å². The largest absolute Gasteiger partial charge is 0.480 e. The van der Waals surface area contributed by atoms with Gasteiger partial charge in [0.05, 0.1) is 15.6 Å². The van der Waals surface area contributed by atoms with E-state index < -0.39 is 24.2 Å². The summed E-state index contributed by atoms with van der Waals surface area (Å²) < 4.78 is 13.3. The summed E-state index contributed by atoms with van der Waals surface area (Å²) in [5, 5.41) is 8.46. The van der Waals surface area contributed by atoms with Gasteiger partial charge in [-0.1, -0.05) is 29.3 Å². The van der Waals surface area contributed by atoms with Crippen LogP contribution in [0.25, 0.3) is 0 Å². The molecule has 0 radical (unpaired) electrons. The highest BCUT2D eigenvalue weighted by Crippen LogP contribution is 2.25. The maximum atomic E-state index is 13.3. The lowest BCUT2D eigenvalue weighted by molar-refractivity contribution is -0.137. The Labute approximate surface area is 119 Å². The molecule has 19 heavy (non-hydrogen) atoms. The number of carboxylic acid groups (broad SMARTS) is 1. The van der Waals surface area contributed by atoms with Crippen LogP contribution in [0.1, 0.15) is 10.4 Å². The van der Waals surface area contributed by atoms with Gasteiger partial charge < -0.3 is 10.0 Å². The molecule has 0 saturated carbocycles. The van der Waals surface area contributed by atoms with Gasteiger partial charge in [-0.2, -0.15) is 0 Å². The van der Waals surface area contributed by atoms with E-state index in [1.807, 2.05) is 0 Å². The summed E-state index contributed by atoms with van der Waals surface area (Å²) in [6.45, 7) is 2.89. The van der Waals surface area contributed by atoms with Crippen molar-refractivity contribution < 1.29 is 19.1 Å². The standard InChI is InChI=1S/C12H10Cl2FNO3/c1-2-3-16(6-11(17)18)12(19)7-4-10(15)9(14)5-8(7)13/h2,4-5H,1,3,6H2,(H,17,18). The van der Waals surface area contributed by atoms with Crippen molar-refractivity contribution in [3.63, 3.8) is 0 Å². The van der Waals surface area contributed by atoms with Crippen LogP contribution in [0, 0.1) is 5.82 Å². The molecule has 0 heterocycles. The van der Waals surface area contributed by atoms with Crippen molar-refractivity contribution in [3.05, 3.63) is 46.2 Å². The van der Waals surface area contributed by atoms with Gasteiger partial charge >= 0.3 is 5.97 Å². The Hall–Kier alpha value is -1.59. The zero-order valence-corrected chi connectivity index (χ0v) is 11.2. The van der Waals surface area contributed by atoms with Crippen LogP contribution in [0.15, 0.2) is 24.8 Å². The molecule has 1 N–H and O–H groups in total. The van der Waals surface area contributed by atoms with E-state index in [-0.39, 0.29) is 22.2 Å². The monoisotopic (exact) mass is 305 g/mol. The topological polar surface area (TPSA) is 57.6 Å². The third kappa shape index (κ3) is 3.94. The highest BCUT2D eigenvalue weighted by atomic mass is 35.5. The number of hydrogen-bond donors (Lipinski definition) is 1. The zero-order chi connectivity index (χ0) is 14.6. The summed E-state index contributed by atoms with van der Waals surface area (Å²) in [6, 6.07) is 1.98. The summed E-state index contributed by atoms with van der Waals surface area (Å²) in [4.78, 5) is 23.7. The van der Waals surface area contributed by atoms with Gasteiger partial charge in [0, 0.05) is 6.54 Å². The van der Waals surface area contributed by atoms with E-state index in [1.54, 1.807) is 0 Å². The summed E-state index contributed by atoms with van der Waals surface area (Å²) in [5.41, 5.74) is -0.147. The maximum absolute atomic E-state index is 13.3. The predicted molar refractivity (Wildman–Crippen MR) is 70.2 cm³/mol. The van der Waals surface area contributed by atoms with Gasteiger partial charge in [0.2, 0.25) is 0 Å². The summed E-state index contributed by atoms with van der Waals surface area (Å²) in [5.74, 6) is -2.70. The molecule has 0 bridgehead atoms. The molecule has 7 heteroatoms. The third-order valence-electron chi connectivity index (χ3n) is 2.20. The van der Waals surface area contributed by atoms with Crippen molar-refractivity contribution in [3.8, 4) is 0 Å². The minimum atomic E-state index is -1.19. The highest BCUT2D eigenvalue weighted by Gasteiger charge is 2.21. The second-order valence-electron chi connectivity index (χ2n) is 3.61. The van der Waals surface area contributed by atoms with Crippen molar-refractivity contribution in [2.45, 2.75) is 0 Å². The molecule has 1 rings (SSSR count). The highest BCUT2D eigenvalue weighted by molar-refractivity contribution is 6.36. The van der Waals surface area contributed by atoms with Gasteiger partial charge in [0.1, 0.15) is 12.4 Å². The number of aliphatic carboxylic acids is 1. The molecule has 0 aliphatic heterocycles. The third-order valence-corrected chi connectivity index (χ3v) is 2.81. The normalized spacial score (nSPS) is 10.1. The Morgan fingerprint density at radius 3 is 2.53 bits per heavy atom. The molecule has 102 valence electrons. The Morgan fingerprint density at radius 1 is 1.37 bits per heavy atom. The Bertz CT molecular complexity index is 534. The first-order chi connectivity index (χ1) is 8.86. The number of amides is 1. The van der Waals surface area contributed by atoms with Crippen molar-refractivity contribution in [1.29, 1.82) is 0 Å². The van der Waals surface area contributed by atoms with Crippen LogP contribution in [-0.2, 0) is 4.79 Å². The predicted octanol–water partition coefficient (Wildman–Crippen LogP) is 2.85. The molecule has 0 fully saturated rings. The van der Waals surface area contributed by atoms with Crippen LogP contribution < -0.4 is 0 Å². The molecule has 4 nitrogen and oxygen atoms in total. The molecule has 0 spiro atoms. The molecule has 0 saturated heterocycles. The van der Waals surface area contributed by atoms with Crippen LogP contribution in [0.5, 0.6) is 0 Å². The minimum Gasteiger partial charge on any atom is -0.480 e. The van der Waals surface area contributed by atoms with Crippen LogP contribution in [0.4, 0.5) is 4.39 Å². The molecule has 0 unspecified atom stereocenters. The molecule has 0 aliphatic rings. The van der Waals surface area contributed by atoms with Crippen LogP contribution in [-0.4, -0.2) is 35.0 Å².